The molecule has 3 rings (SSSR count). The summed E-state index contributed by atoms with van der Waals surface area (Å²) in [6, 6.07) is 14.1. The number of aliphatic hydroxyl groups is 1. The molecular weight excluding hydrogens is 362 g/mol. The van der Waals surface area contributed by atoms with Crippen molar-refractivity contribution in [3.05, 3.63) is 58.6 Å². The first kappa shape index (κ1) is 19.9. The van der Waals surface area contributed by atoms with Gasteiger partial charge in [-0.15, -0.1) is 0 Å². The Balaban J connectivity index is 1.48. The molecule has 0 bridgehead atoms. The first-order valence-electron chi connectivity index (χ1n) is 9.23. The van der Waals surface area contributed by atoms with Crippen molar-refractivity contribution < 1.29 is 19.5 Å². The molecule has 0 spiro atoms. The largest absolute Gasteiger partial charge is 0.495 e. The van der Waals surface area contributed by atoms with Gasteiger partial charge in [0.2, 0.25) is 0 Å². The van der Waals surface area contributed by atoms with E-state index in [4.69, 9.17) is 9.47 Å². The second-order valence-corrected chi connectivity index (χ2v) is 6.65. The molecule has 0 radical (unpaired) electrons. The summed E-state index contributed by atoms with van der Waals surface area (Å²) in [7, 11) is 1.67. The maximum Gasteiger partial charge on any atom is 0.310 e. The standard InChI is InChI=1S/C20H25N3O5/c1-27-19-8-4-2-6-17(19)22-12-10-21(11-13-22)14-16(24)15-28-20-9-5-3-7-18(20)23(25)26/h2-9,16,24H,10-15H2,1H3/t16-/m0/s1. The number of nitrogens with zero attached hydrogens (tertiary/aromatic N) is 3. The van der Waals surface area contributed by atoms with Crippen LogP contribution in [0, 0.1) is 10.1 Å². The van der Waals surface area contributed by atoms with Crippen LogP contribution in [0.15, 0.2) is 48.5 Å². The number of ether oxygens (including phenoxy) is 2. The molecule has 28 heavy (non-hydrogen) atoms. The number of nitro benzene ring substituents is 1. The molecule has 1 saturated heterocycles. The van der Waals surface area contributed by atoms with Crippen LogP contribution >= 0.6 is 0 Å². The van der Waals surface area contributed by atoms with Crippen molar-refractivity contribution in [1.82, 2.24) is 4.90 Å². The van der Waals surface area contributed by atoms with Crippen molar-refractivity contribution in [3.8, 4) is 11.5 Å². The minimum atomic E-state index is -0.724. The second-order valence-electron chi connectivity index (χ2n) is 6.65. The molecule has 0 aromatic heterocycles. The summed E-state index contributed by atoms with van der Waals surface area (Å²) >= 11 is 0. The molecule has 8 nitrogen and oxygen atoms in total. The van der Waals surface area contributed by atoms with E-state index in [0.29, 0.717) is 6.54 Å². The number of rotatable bonds is 8. The molecule has 2 aromatic rings. The van der Waals surface area contributed by atoms with E-state index in [1.54, 1.807) is 19.2 Å². The lowest BCUT2D eigenvalue weighted by molar-refractivity contribution is -0.385. The van der Waals surface area contributed by atoms with Crippen molar-refractivity contribution in [2.45, 2.75) is 6.10 Å². The summed E-state index contributed by atoms with van der Waals surface area (Å²) in [4.78, 5) is 15.0. The zero-order chi connectivity index (χ0) is 19.9. The molecule has 0 aliphatic carbocycles. The van der Waals surface area contributed by atoms with Gasteiger partial charge in [-0.05, 0) is 18.2 Å². The van der Waals surface area contributed by atoms with Crippen LogP contribution in [0.5, 0.6) is 11.5 Å². The van der Waals surface area contributed by atoms with Crippen LogP contribution in [0.1, 0.15) is 0 Å². The second kappa shape index (κ2) is 9.38. The van der Waals surface area contributed by atoms with E-state index in [1.165, 1.54) is 12.1 Å². The highest BCUT2D eigenvalue weighted by atomic mass is 16.6. The van der Waals surface area contributed by atoms with E-state index >= 15 is 0 Å². The molecule has 1 aliphatic rings. The first-order valence-corrected chi connectivity index (χ1v) is 9.23. The zero-order valence-electron chi connectivity index (χ0n) is 15.9. The van der Waals surface area contributed by atoms with Crippen molar-refractivity contribution in [2.24, 2.45) is 0 Å². The highest BCUT2D eigenvalue weighted by Crippen LogP contribution is 2.28. The van der Waals surface area contributed by atoms with Gasteiger partial charge in [-0.3, -0.25) is 15.0 Å². The fourth-order valence-corrected chi connectivity index (χ4v) is 3.33. The Labute approximate surface area is 164 Å². The van der Waals surface area contributed by atoms with Crippen molar-refractivity contribution >= 4 is 11.4 Å². The summed E-state index contributed by atoms with van der Waals surface area (Å²) in [6.45, 7) is 3.75. The van der Waals surface area contributed by atoms with Gasteiger partial charge in [0.15, 0.2) is 5.75 Å². The topological polar surface area (TPSA) is 88.3 Å². The van der Waals surface area contributed by atoms with Gasteiger partial charge >= 0.3 is 5.69 Å². The van der Waals surface area contributed by atoms with Crippen molar-refractivity contribution in [2.75, 3.05) is 51.3 Å². The van der Waals surface area contributed by atoms with E-state index in [2.05, 4.69) is 9.80 Å². The van der Waals surface area contributed by atoms with Crippen LogP contribution in [-0.4, -0.2) is 67.5 Å². The van der Waals surface area contributed by atoms with Gasteiger partial charge in [0.1, 0.15) is 18.5 Å². The molecule has 0 amide bonds. The maximum atomic E-state index is 11.0. The third kappa shape index (κ3) is 4.90. The molecule has 8 heteroatoms. The average molecular weight is 387 g/mol. The smallest absolute Gasteiger partial charge is 0.310 e. The molecule has 150 valence electrons. The fraction of sp³-hybridized carbons (Fsp3) is 0.400. The van der Waals surface area contributed by atoms with E-state index in [9.17, 15) is 15.2 Å². The Morgan fingerprint density at radius 3 is 2.39 bits per heavy atom. The van der Waals surface area contributed by atoms with Crippen LogP contribution in [0.3, 0.4) is 0 Å². The van der Waals surface area contributed by atoms with Gasteiger partial charge in [0.05, 0.1) is 17.7 Å². The molecule has 1 N–H and O–H groups in total. The van der Waals surface area contributed by atoms with E-state index in [-0.39, 0.29) is 18.0 Å². The quantitative estimate of drug-likeness (QED) is 0.548. The van der Waals surface area contributed by atoms with Gasteiger partial charge in [0, 0.05) is 38.8 Å². The van der Waals surface area contributed by atoms with E-state index in [0.717, 1.165) is 37.6 Å². The van der Waals surface area contributed by atoms with Crippen LogP contribution in [0.2, 0.25) is 0 Å². The molecule has 0 saturated carbocycles. The highest BCUT2D eigenvalue weighted by molar-refractivity contribution is 5.58. The fourth-order valence-electron chi connectivity index (χ4n) is 3.33. The summed E-state index contributed by atoms with van der Waals surface area (Å²) in [5.74, 6) is 1.03. The lowest BCUT2D eigenvalue weighted by atomic mass is 10.2. The van der Waals surface area contributed by atoms with Crippen LogP contribution in [0.4, 0.5) is 11.4 Å². The Kier molecular flexibility index (Phi) is 6.67. The number of para-hydroxylation sites is 4. The minimum Gasteiger partial charge on any atom is -0.495 e. The Bertz CT molecular complexity index is 793. The predicted molar refractivity (Wildman–Crippen MR) is 106 cm³/mol. The first-order chi connectivity index (χ1) is 13.6. The lowest BCUT2D eigenvalue weighted by Gasteiger charge is -2.37. The molecule has 0 unspecified atom stereocenters. The average Bonchev–Trinajstić information content (AvgIpc) is 2.73. The highest BCUT2D eigenvalue weighted by Gasteiger charge is 2.22. The number of anilines is 1. The van der Waals surface area contributed by atoms with Gasteiger partial charge in [0.25, 0.3) is 0 Å². The Morgan fingerprint density at radius 1 is 1.07 bits per heavy atom. The van der Waals surface area contributed by atoms with Crippen LogP contribution in [-0.2, 0) is 0 Å². The SMILES string of the molecule is COc1ccccc1N1CCN(C[C@H](O)COc2ccccc2[N+](=O)[O-])CC1. The van der Waals surface area contributed by atoms with Gasteiger partial charge < -0.3 is 19.5 Å². The number of benzene rings is 2. The lowest BCUT2D eigenvalue weighted by Crippen LogP contribution is -2.49. The Morgan fingerprint density at radius 2 is 1.71 bits per heavy atom. The van der Waals surface area contributed by atoms with Crippen molar-refractivity contribution in [1.29, 1.82) is 0 Å². The van der Waals surface area contributed by atoms with Crippen LogP contribution < -0.4 is 14.4 Å². The van der Waals surface area contributed by atoms with Crippen LogP contribution in [0.25, 0.3) is 0 Å². The number of piperazine rings is 1. The molecule has 1 aliphatic heterocycles. The van der Waals surface area contributed by atoms with Gasteiger partial charge in [-0.2, -0.15) is 0 Å². The third-order valence-electron chi connectivity index (χ3n) is 4.76. The molecular formula is C20H25N3O5. The van der Waals surface area contributed by atoms with E-state index in [1.807, 2.05) is 24.3 Å². The van der Waals surface area contributed by atoms with Gasteiger partial charge in [-0.25, -0.2) is 0 Å². The number of nitro groups is 1. The number of hydrogen-bond donors (Lipinski definition) is 1. The third-order valence-corrected chi connectivity index (χ3v) is 4.76. The zero-order valence-corrected chi connectivity index (χ0v) is 15.9. The minimum absolute atomic E-state index is 0.0115. The molecule has 1 heterocycles. The predicted octanol–water partition coefficient (Wildman–Crippen LogP) is 2.17. The Hall–Kier alpha value is -2.84. The summed E-state index contributed by atoms with van der Waals surface area (Å²) in [5, 5.41) is 21.3. The number of hydrogen-bond acceptors (Lipinski definition) is 7. The van der Waals surface area contributed by atoms with E-state index < -0.39 is 11.0 Å². The molecule has 1 atom stereocenters. The maximum absolute atomic E-state index is 11.0. The monoisotopic (exact) mass is 387 g/mol. The number of methoxy groups -OCH3 is 1. The summed E-state index contributed by atoms with van der Waals surface area (Å²) < 4.78 is 10.9. The van der Waals surface area contributed by atoms with Crippen molar-refractivity contribution in [3.63, 3.8) is 0 Å². The number of aliphatic hydroxyl groups excluding tert-OH is 1. The summed E-state index contributed by atoms with van der Waals surface area (Å²) in [6.07, 6.45) is -0.724. The molecule has 2 aromatic carbocycles. The number of β-amino-alcohol motifs (C(OH)–C–C–N with tert-alkyl or cyclic N) is 1. The molecule has 1 fully saturated rings. The van der Waals surface area contributed by atoms with Gasteiger partial charge in [-0.1, -0.05) is 24.3 Å². The summed E-state index contributed by atoms with van der Waals surface area (Å²) in [5.41, 5.74) is 0.977. The normalized spacial score (nSPS) is 15.9.